The molecule has 0 aliphatic carbocycles. The van der Waals surface area contributed by atoms with Crippen molar-refractivity contribution in [2.24, 2.45) is 0 Å². The second-order valence-corrected chi connectivity index (χ2v) is 10.4. The normalized spacial score (nSPS) is 21.4. The Hall–Kier alpha value is 0.170. The third kappa shape index (κ3) is 4.59. The van der Waals surface area contributed by atoms with Crippen molar-refractivity contribution in [3.05, 3.63) is 0 Å². The quantitative estimate of drug-likeness (QED) is 0.665. The van der Waals surface area contributed by atoms with Crippen molar-refractivity contribution in [1.29, 1.82) is 0 Å². The minimum Gasteiger partial charge on any atom is -0.304 e. The molecule has 19 heavy (non-hydrogen) atoms. The Labute approximate surface area is 120 Å². The van der Waals surface area contributed by atoms with Crippen molar-refractivity contribution < 1.29 is 16.8 Å². The molecule has 0 bridgehead atoms. The van der Waals surface area contributed by atoms with Crippen LogP contribution in [0.15, 0.2) is 0 Å². The number of piperazine rings is 1. The van der Waals surface area contributed by atoms with Gasteiger partial charge in [-0.25, -0.2) is 16.8 Å². The molecule has 1 aliphatic rings. The molecule has 1 heterocycles. The maximum Gasteiger partial charge on any atom is 0.231 e. The fraction of sp³-hybridized carbons (Fsp3) is 1.00. The highest BCUT2D eigenvalue weighted by Crippen LogP contribution is 2.20. The third-order valence-corrected chi connectivity index (χ3v) is 8.79. The van der Waals surface area contributed by atoms with Crippen LogP contribution in [0.5, 0.6) is 0 Å². The predicted octanol–water partition coefficient (Wildman–Crippen LogP) is -0.313. The smallest absolute Gasteiger partial charge is 0.231 e. The Morgan fingerprint density at radius 1 is 1.11 bits per heavy atom. The van der Waals surface area contributed by atoms with Crippen molar-refractivity contribution >= 4 is 31.6 Å². The summed E-state index contributed by atoms with van der Waals surface area (Å²) < 4.78 is 48.5. The van der Waals surface area contributed by atoms with E-state index in [9.17, 15) is 16.8 Å². The van der Waals surface area contributed by atoms with Crippen molar-refractivity contribution in [3.8, 4) is 0 Å². The molecule has 0 radical (unpaired) electrons. The molecule has 6 nitrogen and oxygen atoms in total. The average Bonchev–Trinajstić information content (AvgIpc) is 2.28. The van der Waals surface area contributed by atoms with Crippen LogP contribution in [-0.2, 0) is 19.9 Å². The van der Waals surface area contributed by atoms with Crippen LogP contribution in [0.3, 0.4) is 0 Å². The highest BCUT2D eigenvalue weighted by molar-refractivity contribution is 8.07. The summed E-state index contributed by atoms with van der Waals surface area (Å²) in [7, 11) is -5.46. The molecule has 0 saturated carbocycles. The summed E-state index contributed by atoms with van der Waals surface area (Å²) in [6.45, 7) is 2.00. The molecule has 1 saturated heterocycles. The van der Waals surface area contributed by atoms with Gasteiger partial charge in [-0.05, 0) is 25.5 Å². The van der Waals surface area contributed by atoms with Crippen LogP contribution in [0.25, 0.3) is 0 Å². The van der Waals surface area contributed by atoms with E-state index in [1.165, 1.54) is 16.1 Å². The lowest BCUT2D eigenvalue weighted by atomic mass is 10.4. The van der Waals surface area contributed by atoms with Gasteiger partial charge in [-0.1, -0.05) is 0 Å². The number of thioether (sulfide) groups is 1. The summed E-state index contributed by atoms with van der Waals surface area (Å²) >= 11 is 1.45. The van der Waals surface area contributed by atoms with Crippen molar-refractivity contribution in [3.63, 3.8) is 0 Å². The van der Waals surface area contributed by atoms with E-state index in [2.05, 4.69) is 0 Å². The van der Waals surface area contributed by atoms with E-state index in [0.29, 0.717) is 31.9 Å². The number of rotatable bonds is 6. The number of hydrogen-bond donors (Lipinski definition) is 0. The van der Waals surface area contributed by atoms with Crippen LogP contribution in [0.1, 0.15) is 6.42 Å². The zero-order chi connectivity index (χ0) is 14.7. The van der Waals surface area contributed by atoms with Gasteiger partial charge in [0.25, 0.3) is 0 Å². The number of sulfonamides is 1. The minimum atomic E-state index is -3.77. The van der Waals surface area contributed by atoms with Gasteiger partial charge in [0.05, 0.1) is 0 Å². The maximum absolute atomic E-state index is 12.5. The monoisotopic (exact) mass is 330 g/mol. The van der Waals surface area contributed by atoms with E-state index in [-0.39, 0.29) is 6.42 Å². The lowest BCUT2D eigenvalue weighted by Gasteiger charge is -2.33. The fourth-order valence-electron chi connectivity index (χ4n) is 2.01. The molecule has 0 spiro atoms. The van der Waals surface area contributed by atoms with Crippen LogP contribution < -0.4 is 0 Å². The summed E-state index contributed by atoms with van der Waals surface area (Å²) in [5.74, 6) is 0.519. The van der Waals surface area contributed by atoms with Gasteiger partial charge in [0.1, 0.15) is 0 Å². The Bertz CT molecular complexity index is 481. The second kappa shape index (κ2) is 6.75. The SMILES string of the molecule is CSCCC(S(C)(=O)=O)S(=O)(=O)N1CCN(C)CC1. The number of likely N-dealkylation sites (N-methyl/N-ethyl adjacent to an activating group) is 1. The molecule has 1 aliphatic heterocycles. The molecule has 0 aromatic rings. The van der Waals surface area contributed by atoms with E-state index in [4.69, 9.17) is 0 Å². The zero-order valence-electron chi connectivity index (χ0n) is 11.6. The molecule has 0 aromatic heterocycles. The molecule has 0 N–H and O–H groups in total. The summed E-state index contributed by atoms with van der Waals surface area (Å²) in [5, 5.41) is 0. The van der Waals surface area contributed by atoms with E-state index >= 15 is 0 Å². The van der Waals surface area contributed by atoms with Gasteiger partial charge in [0, 0.05) is 32.4 Å². The lowest BCUT2D eigenvalue weighted by Crippen LogP contribution is -2.51. The molecule has 1 atom stereocenters. The number of sulfone groups is 1. The average molecular weight is 330 g/mol. The topological polar surface area (TPSA) is 74.8 Å². The third-order valence-electron chi connectivity index (χ3n) is 3.19. The van der Waals surface area contributed by atoms with Crippen LogP contribution in [0.4, 0.5) is 0 Å². The van der Waals surface area contributed by atoms with Crippen LogP contribution in [-0.4, -0.2) is 82.1 Å². The van der Waals surface area contributed by atoms with Gasteiger partial charge in [-0.15, -0.1) is 0 Å². The second-order valence-electron chi connectivity index (χ2n) is 4.79. The number of hydrogen-bond acceptors (Lipinski definition) is 6. The highest BCUT2D eigenvalue weighted by atomic mass is 32.3. The lowest BCUT2D eigenvalue weighted by molar-refractivity contribution is 0.222. The van der Waals surface area contributed by atoms with Gasteiger partial charge in [-0.3, -0.25) is 0 Å². The summed E-state index contributed by atoms with van der Waals surface area (Å²) in [6, 6.07) is 0. The van der Waals surface area contributed by atoms with Gasteiger partial charge < -0.3 is 4.90 Å². The van der Waals surface area contributed by atoms with Crippen molar-refractivity contribution in [2.75, 3.05) is 51.5 Å². The molecule has 9 heteroatoms. The Morgan fingerprint density at radius 3 is 2.05 bits per heavy atom. The van der Waals surface area contributed by atoms with Crippen LogP contribution >= 0.6 is 11.8 Å². The maximum atomic E-state index is 12.5. The molecule has 1 unspecified atom stereocenters. The van der Waals surface area contributed by atoms with E-state index in [1.807, 2.05) is 18.2 Å². The molecule has 0 amide bonds. The Kier molecular flexibility index (Phi) is 6.12. The first-order chi connectivity index (χ1) is 8.69. The fourth-order valence-corrected chi connectivity index (χ4v) is 6.88. The van der Waals surface area contributed by atoms with E-state index in [1.54, 1.807) is 0 Å². The van der Waals surface area contributed by atoms with E-state index < -0.39 is 24.4 Å². The Balaban J connectivity index is 2.93. The van der Waals surface area contributed by atoms with Crippen molar-refractivity contribution in [1.82, 2.24) is 9.21 Å². The van der Waals surface area contributed by atoms with Crippen molar-refractivity contribution in [2.45, 2.75) is 11.0 Å². The van der Waals surface area contributed by atoms with E-state index in [0.717, 1.165) is 6.26 Å². The molecule has 0 aromatic carbocycles. The predicted molar refractivity (Wildman–Crippen MR) is 79.6 cm³/mol. The molecular formula is C10H22N2O4S3. The first-order valence-corrected chi connectivity index (χ1v) is 10.9. The van der Waals surface area contributed by atoms with Crippen LogP contribution in [0.2, 0.25) is 0 Å². The summed E-state index contributed by atoms with van der Waals surface area (Å²) in [5.41, 5.74) is 0. The van der Waals surface area contributed by atoms with Gasteiger partial charge >= 0.3 is 0 Å². The molecule has 1 rings (SSSR count). The van der Waals surface area contributed by atoms with Gasteiger partial charge in [0.15, 0.2) is 14.4 Å². The first-order valence-electron chi connectivity index (χ1n) is 6.05. The zero-order valence-corrected chi connectivity index (χ0v) is 14.0. The summed E-state index contributed by atoms with van der Waals surface area (Å²) in [4.78, 5) is 2.03. The first kappa shape index (κ1) is 17.2. The molecule has 1 fully saturated rings. The number of nitrogens with zero attached hydrogens (tertiary/aromatic N) is 2. The van der Waals surface area contributed by atoms with Crippen LogP contribution in [0, 0.1) is 0 Å². The summed E-state index contributed by atoms with van der Waals surface area (Å²) in [6.07, 6.45) is 2.99. The molecular weight excluding hydrogens is 308 g/mol. The van der Waals surface area contributed by atoms with Gasteiger partial charge in [0.2, 0.25) is 10.0 Å². The Morgan fingerprint density at radius 2 is 1.63 bits per heavy atom. The largest absolute Gasteiger partial charge is 0.304 e. The highest BCUT2D eigenvalue weighted by Gasteiger charge is 2.39. The van der Waals surface area contributed by atoms with Gasteiger partial charge in [-0.2, -0.15) is 16.1 Å². The minimum absolute atomic E-state index is 0.147. The molecule has 114 valence electrons. The standard InChI is InChI=1S/C10H22N2O4S3/c1-11-5-7-12(8-6-11)19(15,16)10(4-9-17-2)18(3,13)14/h10H,4-9H2,1-3H3.